The summed E-state index contributed by atoms with van der Waals surface area (Å²) in [5, 5.41) is 0. The number of hydrogen-bond acceptors (Lipinski definition) is 4. The number of anilines is 6. The van der Waals surface area contributed by atoms with Gasteiger partial charge >= 0.3 is 0 Å². The van der Waals surface area contributed by atoms with Gasteiger partial charge in [0.1, 0.15) is 11.3 Å². The number of hydrogen-bond donors (Lipinski definition) is 0. The first kappa shape index (κ1) is 29.0. The molecule has 230 valence electrons. The molecule has 5 heteroatoms. The Kier molecular flexibility index (Phi) is 7.69. The van der Waals surface area contributed by atoms with E-state index in [2.05, 4.69) is 185 Å². The molecule has 0 saturated carbocycles. The predicted octanol–water partition coefficient (Wildman–Crippen LogP) is 11.3. The Morgan fingerprint density at radius 3 is 1.40 bits per heavy atom. The van der Waals surface area contributed by atoms with Gasteiger partial charge in [-0.1, -0.05) is 91.0 Å². The second-order valence-corrected chi connectivity index (χ2v) is 11.7. The average molecular weight is 620 g/mol. The topological polar surface area (TPSA) is 37.2 Å². The van der Waals surface area contributed by atoms with E-state index in [0.717, 1.165) is 67.9 Å². The average Bonchev–Trinajstić information content (AvgIpc) is 3.53. The summed E-state index contributed by atoms with van der Waals surface area (Å²) in [6, 6.07) is 61.2. The minimum absolute atomic E-state index is 0.819. The van der Waals surface area contributed by atoms with Crippen LogP contribution in [0.4, 0.5) is 34.1 Å². The van der Waals surface area contributed by atoms with Crippen LogP contribution in [0.1, 0.15) is 5.56 Å². The van der Waals surface area contributed by atoms with Crippen molar-refractivity contribution >= 4 is 45.3 Å². The Balaban J connectivity index is 1.45. The fourth-order valence-electron chi connectivity index (χ4n) is 6.33. The number of aromatic nitrogens is 3. The van der Waals surface area contributed by atoms with Gasteiger partial charge in [-0.3, -0.25) is 4.57 Å². The lowest BCUT2D eigenvalue weighted by atomic mass is 10.1. The van der Waals surface area contributed by atoms with Gasteiger partial charge in [0.05, 0.1) is 5.69 Å². The summed E-state index contributed by atoms with van der Waals surface area (Å²) < 4.78 is 2.19. The van der Waals surface area contributed by atoms with Crippen molar-refractivity contribution < 1.29 is 0 Å². The SMILES string of the molecule is Cc1ccccc1-n1c(-c2cc(N(c3ccccc3)c3ccccc3)cc(N(c3ccccc3)c3ccccc3)c2)nc2cccnc21. The highest BCUT2D eigenvalue weighted by Crippen LogP contribution is 2.43. The molecule has 48 heavy (non-hydrogen) atoms. The van der Waals surface area contributed by atoms with E-state index in [1.54, 1.807) is 0 Å². The van der Waals surface area contributed by atoms with Crippen LogP contribution in [0.15, 0.2) is 182 Å². The van der Waals surface area contributed by atoms with Crippen LogP contribution in [-0.4, -0.2) is 14.5 Å². The van der Waals surface area contributed by atoms with Gasteiger partial charge in [0.2, 0.25) is 0 Å². The highest BCUT2D eigenvalue weighted by atomic mass is 15.2. The second-order valence-electron chi connectivity index (χ2n) is 11.7. The molecule has 0 fully saturated rings. The van der Waals surface area contributed by atoms with E-state index >= 15 is 0 Å². The van der Waals surface area contributed by atoms with Gasteiger partial charge in [-0.25, -0.2) is 9.97 Å². The van der Waals surface area contributed by atoms with Crippen LogP contribution in [0.3, 0.4) is 0 Å². The Morgan fingerprint density at radius 2 is 0.917 bits per heavy atom. The quantitative estimate of drug-likeness (QED) is 0.170. The molecule has 0 radical (unpaired) electrons. The lowest BCUT2D eigenvalue weighted by Crippen LogP contribution is -2.14. The first-order valence-corrected chi connectivity index (χ1v) is 16.1. The summed E-state index contributed by atoms with van der Waals surface area (Å²) >= 11 is 0. The molecule has 0 amide bonds. The minimum atomic E-state index is 0.819. The summed E-state index contributed by atoms with van der Waals surface area (Å²) in [6.07, 6.45) is 1.84. The fourth-order valence-corrected chi connectivity index (χ4v) is 6.33. The van der Waals surface area contributed by atoms with Gasteiger partial charge in [-0.15, -0.1) is 0 Å². The largest absolute Gasteiger partial charge is 0.310 e. The molecule has 0 spiro atoms. The molecule has 8 rings (SSSR count). The number of rotatable bonds is 8. The van der Waals surface area contributed by atoms with Crippen molar-refractivity contribution in [3.8, 4) is 17.1 Å². The molecule has 0 aliphatic heterocycles. The van der Waals surface area contributed by atoms with Gasteiger partial charge < -0.3 is 9.80 Å². The van der Waals surface area contributed by atoms with E-state index in [1.807, 2.05) is 18.3 Å². The first-order chi connectivity index (χ1) is 23.7. The summed E-state index contributed by atoms with van der Waals surface area (Å²) in [5.74, 6) is 0.822. The van der Waals surface area contributed by atoms with E-state index in [4.69, 9.17) is 9.97 Å². The van der Waals surface area contributed by atoms with Crippen molar-refractivity contribution in [1.29, 1.82) is 0 Å². The zero-order valence-corrected chi connectivity index (χ0v) is 26.6. The highest BCUT2D eigenvalue weighted by molar-refractivity contribution is 5.88. The van der Waals surface area contributed by atoms with Crippen LogP contribution < -0.4 is 9.80 Å². The molecular weight excluding hydrogens is 587 g/mol. The molecule has 2 heterocycles. The molecule has 0 bridgehead atoms. The second kappa shape index (κ2) is 12.7. The van der Waals surface area contributed by atoms with Gasteiger partial charge in [-0.2, -0.15) is 0 Å². The zero-order valence-electron chi connectivity index (χ0n) is 26.6. The third kappa shape index (κ3) is 5.48. The summed E-state index contributed by atoms with van der Waals surface area (Å²) in [4.78, 5) is 14.7. The summed E-state index contributed by atoms with van der Waals surface area (Å²) in [6.45, 7) is 2.13. The minimum Gasteiger partial charge on any atom is -0.310 e. The first-order valence-electron chi connectivity index (χ1n) is 16.1. The number of imidazole rings is 1. The molecule has 2 aromatic heterocycles. The lowest BCUT2D eigenvalue weighted by molar-refractivity contribution is 1.06. The standard InChI is InChI=1S/C43H33N5/c1-32-17-14-15-27-41(32)48-42(45-40-26-16-28-44-43(40)48)33-29-38(46(34-18-6-2-7-19-34)35-20-8-3-9-21-35)31-39(30-33)47(36-22-10-4-11-23-36)37-24-12-5-13-25-37/h2-31H,1H3. The Morgan fingerprint density at radius 1 is 0.458 bits per heavy atom. The number of pyridine rings is 1. The Bertz CT molecular complexity index is 2120. The molecular formula is C43H33N5. The van der Waals surface area contributed by atoms with E-state index in [-0.39, 0.29) is 0 Å². The van der Waals surface area contributed by atoms with E-state index in [1.165, 1.54) is 0 Å². The van der Waals surface area contributed by atoms with Crippen LogP contribution >= 0.6 is 0 Å². The van der Waals surface area contributed by atoms with E-state index < -0.39 is 0 Å². The van der Waals surface area contributed by atoms with Crippen molar-refractivity contribution in [3.05, 3.63) is 188 Å². The van der Waals surface area contributed by atoms with Crippen LogP contribution in [0.5, 0.6) is 0 Å². The number of para-hydroxylation sites is 5. The van der Waals surface area contributed by atoms with Crippen LogP contribution in [0.25, 0.3) is 28.2 Å². The molecule has 0 atom stereocenters. The van der Waals surface area contributed by atoms with Crippen LogP contribution in [0.2, 0.25) is 0 Å². The van der Waals surface area contributed by atoms with E-state index in [0.29, 0.717) is 0 Å². The summed E-state index contributed by atoms with van der Waals surface area (Å²) in [5.41, 5.74) is 11.1. The maximum absolute atomic E-state index is 5.26. The Hall–Kier alpha value is -6.46. The molecule has 5 nitrogen and oxygen atoms in total. The van der Waals surface area contributed by atoms with Gasteiger partial charge in [0.15, 0.2) is 5.65 Å². The van der Waals surface area contributed by atoms with Gasteiger partial charge in [0, 0.05) is 45.9 Å². The number of fused-ring (bicyclic) bond motifs is 1. The number of benzene rings is 6. The molecule has 0 unspecified atom stereocenters. The van der Waals surface area contributed by atoms with E-state index in [9.17, 15) is 0 Å². The molecule has 6 aromatic carbocycles. The molecule has 0 aliphatic carbocycles. The molecule has 8 aromatic rings. The smallest absolute Gasteiger partial charge is 0.164 e. The van der Waals surface area contributed by atoms with Crippen molar-refractivity contribution in [1.82, 2.24) is 14.5 Å². The zero-order chi connectivity index (χ0) is 32.3. The van der Waals surface area contributed by atoms with Crippen molar-refractivity contribution in [2.45, 2.75) is 6.92 Å². The number of nitrogens with zero attached hydrogens (tertiary/aromatic N) is 5. The Labute approximate surface area is 280 Å². The van der Waals surface area contributed by atoms with Crippen molar-refractivity contribution in [2.24, 2.45) is 0 Å². The number of aryl methyl sites for hydroxylation is 1. The normalized spacial score (nSPS) is 11.0. The predicted molar refractivity (Wildman–Crippen MR) is 198 cm³/mol. The van der Waals surface area contributed by atoms with Crippen molar-refractivity contribution in [2.75, 3.05) is 9.80 Å². The fraction of sp³-hybridized carbons (Fsp3) is 0.0233. The molecule has 0 N–H and O–H groups in total. The van der Waals surface area contributed by atoms with Crippen LogP contribution in [-0.2, 0) is 0 Å². The molecule has 0 saturated heterocycles. The third-order valence-electron chi connectivity index (χ3n) is 8.51. The maximum atomic E-state index is 5.26. The monoisotopic (exact) mass is 619 g/mol. The highest BCUT2D eigenvalue weighted by Gasteiger charge is 2.22. The lowest BCUT2D eigenvalue weighted by Gasteiger charge is -2.30. The summed E-state index contributed by atoms with van der Waals surface area (Å²) in [7, 11) is 0. The van der Waals surface area contributed by atoms with Crippen LogP contribution in [0, 0.1) is 6.92 Å². The van der Waals surface area contributed by atoms with Gasteiger partial charge in [0.25, 0.3) is 0 Å². The van der Waals surface area contributed by atoms with Gasteiger partial charge in [-0.05, 0) is 97.4 Å². The third-order valence-corrected chi connectivity index (χ3v) is 8.51. The maximum Gasteiger partial charge on any atom is 0.164 e. The molecule has 0 aliphatic rings. The van der Waals surface area contributed by atoms with Crippen molar-refractivity contribution in [3.63, 3.8) is 0 Å².